The monoisotopic (exact) mass is 384 g/mol. The van der Waals surface area contributed by atoms with E-state index in [1.165, 1.54) is 0 Å². The topological polar surface area (TPSA) is 75.7 Å². The molecule has 6 nitrogen and oxygen atoms in total. The summed E-state index contributed by atoms with van der Waals surface area (Å²) >= 11 is 0. The number of hydrogen-bond donors (Lipinski definition) is 1. The summed E-state index contributed by atoms with van der Waals surface area (Å²) in [5.74, 6) is 1.17. The second kappa shape index (κ2) is 6.61. The zero-order valence-electron chi connectivity index (χ0n) is 16.8. The van der Waals surface area contributed by atoms with E-state index in [-0.39, 0.29) is 34.8 Å². The van der Waals surface area contributed by atoms with Gasteiger partial charge in [0.15, 0.2) is 5.72 Å². The predicted molar refractivity (Wildman–Crippen MR) is 104 cm³/mol. The molecule has 1 spiro atoms. The highest BCUT2D eigenvalue weighted by atomic mass is 16.5. The molecule has 150 valence electrons. The average molecular weight is 384 g/mol. The summed E-state index contributed by atoms with van der Waals surface area (Å²) < 4.78 is 6.14. The highest BCUT2D eigenvalue weighted by Gasteiger charge is 2.51. The van der Waals surface area contributed by atoms with Crippen LogP contribution >= 0.6 is 0 Å². The van der Waals surface area contributed by atoms with Crippen LogP contribution in [0.4, 0.5) is 0 Å². The maximum absolute atomic E-state index is 12.8. The Bertz CT molecular complexity index is 824. The second-order valence-corrected chi connectivity index (χ2v) is 9.05. The van der Waals surface area contributed by atoms with Gasteiger partial charge >= 0.3 is 0 Å². The zero-order chi connectivity index (χ0) is 20.1. The Kier molecular flexibility index (Phi) is 4.47. The Morgan fingerprint density at radius 3 is 2.54 bits per heavy atom. The standard InChI is InChI=1S/C22H28N2O4/c1-14(25)17-12-15(21(17,2)3)13-19(26)24-10-8-22(9-11-24)23-20(27)16-6-4-5-7-18(16)28-22/h4-7,15,17H,8-13H2,1-3H3,(H,23,27)/t15-,17+/m0/s1. The smallest absolute Gasteiger partial charge is 0.258 e. The van der Waals surface area contributed by atoms with Gasteiger partial charge < -0.3 is 15.0 Å². The van der Waals surface area contributed by atoms with Crippen molar-refractivity contribution in [2.24, 2.45) is 17.3 Å². The Balaban J connectivity index is 1.36. The van der Waals surface area contributed by atoms with Crippen molar-refractivity contribution in [2.45, 2.75) is 52.2 Å². The molecule has 4 rings (SSSR count). The van der Waals surface area contributed by atoms with Crippen LogP contribution in [0.3, 0.4) is 0 Å². The third kappa shape index (κ3) is 3.09. The minimum Gasteiger partial charge on any atom is -0.467 e. The number of rotatable bonds is 3. The molecule has 0 aromatic heterocycles. The first kappa shape index (κ1) is 19.0. The summed E-state index contributed by atoms with van der Waals surface area (Å²) in [4.78, 5) is 38.8. The van der Waals surface area contributed by atoms with E-state index in [1.807, 2.05) is 23.1 Å². The van der Waals surface area contributed by atoms with E-state index in [0.717, 1.165) is 6.42 Å². The highest BCUT2D eigenvalue weighted by Crippen LogP contribution is 2.53. The van der Waals surface area contributed by atoms with Crippen LogP contribution in [0.1, 0.15) is 56.8 Å². The van der Waals surface area contributed by atoms with Crippen LogP contribution in [0.5, 0.6) is 5.75 Å². The van der Waals surface area contributed by atoms with Crippen molar-refractivity contribution in [3.05, 3.63) is 29.8 Å². The molecule has 2 aliphatic heterocycles. The SMILES string of the molecule is CC(=O)[C@H]1C[C@@H](CC(=O)N2CCC3(CC2)NC(=O)c2ccccc2O3)C1(C)C. The lowest BCUT2D eigenvalue weighted by molar-refractivity contribution is -0.147. The minimum absolute atomic E-state index is 0.0702. The predicted octanol–water partition coefficient (Wildman–Crippen LogP) is 2.77. The molecule has 1 aliphatic carbocycles. The summed E-state index contributed by atoms with van der Waals surface area (Å²) in [5.41, 5.74) is -0.278. The van der Waals surface area contributed by atoms with Crippen molar-refractivity contribution in [3.8, 4) is 5.75 Å². The number of ether oxygens (including phenoxy) is 1. The van der Waals surface area contributed by atoms with Gasteiger partial charge in [0, 0.05) is 38.3 Å². The molecule has 3 aliphatic rings. The van der Waals surface area contributed by atoms with Crippen molar-refractivity contribution in [2.75, 3.05) is 13.1 Å². The normalized spacial score (nSPS) is 27.2. The third-order valence-corrected chi connectivity index (χ3v) is 7.08. The van der Waals surface area contributed by atoms with Crippen molar-refractivity contribution in [1.82, 2.24) is 10.2 Å². The number of likely N-dealkylation sites (tertiary alicyclic amines) is 1. The number of ketones is 1. The molecule has 1 aromatic rings. The number of benzene rings is 1. The van der Waals surface area contributed by atoms with E-state index >= 15 is 0 Å². The first-order valence-corrected chi connectivity index (χ1v) is 10.1. The average Bonchev–Trinajstić information content (AvgIpc) is 2.65. The molecule has 0 radical (unpaired) electrons. The van der Waals surface area contributed by atoms with E-state index < -0.39 is 5.72 Å². The number of amides is 2. The van der Waals surface area contributed by atoms with E-state index in [9.17, 15) is 14.4 Å². The number of carbonyl (C=O) groups excluding carboxylic acids is 3. The third-order valence-electron chi connectivity index (χ3n) is 7.08. The van der Waals surface area contributed by atoms with Crippen molar-refractivity contribution >= 4 is 17.6 Å². The fraction of sp³-hybridized carbons (Fsp3) is 0.591. The zero-order valence-corrected chi connectivity index (χ0v) is 16.8. The maximum atomic E-state index is 12.8. The molecule has 6 heteroatoms. The number of fused-ring (bicyclic) bond motifs is 1. The highest BCUT2D eigenvalue weighted by molar-refractivity contribution is 5.98. The van der Waals surface area contributed by atoms with Gasteiger partial charge in [-0.2, -0.15) is 0 Å². The molecule has 1 saturated heterocycles. The Labute approximate surface area is 165 Å². The fourth-order valence-corrected chi connectivity index (χ4v) is 4.99. The van der Waals surface area contributed by atoms with Crippen LogP contribution in [0.25, 0.3) is 0 Å². The fourth-order valence-electron chi connectivity index (χ4n) is 4.99. The largest absolute Gasteiger partial charge is 0.467 e. The summed E-state index contributed by atoms with van der Waals surface area (Å²) in [5, 5.41) is 3.01. The molecule has 2 heterocycles. The molecule has 0 unspecified atom stereocenters. The van der Waals surface area contributed by atoms with Gasteiger partial charge in [-0.05, 0) is 36.8 Å². The number of piperidine rings is 1. The lowest BCUT2D eigenvalue weighted by Crippen LogP contribution is -2.61. The first-order valence-electron chi connectivity index (χ1n) is 10.1. The van der Waals surface area contributed by atoms with E-state index in [0.29, 0.717) is 43.7 Å². The molecular formula is C22H28N2O4. The molecule has 1 aromatic carbocycles. The van der Waals surface area contributed by atoms with Crippen molar-refractivity contribution in [3.63, 3.8) is 0 Å². The van der Waals surface area contributed by atoms with Crippen LogP contribution in [0.15, 0.2) is 24.3 Å². The number of para-hydroxylation sites is 1. The minimum atomic E-state index is -0.725. The van der Waals surface area contributed by atoms with Gasteiger partial charge in [0.2, 0.25) is 5.91 Å². The molecular weight excluding hydrogens is 356 g/mol. The van der Waals surface area contributed by atoms with Crippen LogP contribution in [-0.2, 0) is 9.59 Å². The second-order valence-electron chi connectivity index (χ2n) is 9.05. The van der Waals surface area contributed by atoms with Gasteiger partial charge in [-0.1, -0.05) is 26.0 Å². The molecule has 2 atom stereocenters. The number of Topliss-reactive ketones (excluding diaryl/α,β-unsaturated/α-hetero) is 1. The van der Waals surface area contributed by atoms with E-state index in [1.54, 1.807) is 13.0 Å². The molecule has 1 saturated carbocycles. The van der Waals surface area contributed by atoms with Crippen LogP contribution in [-0.4, -0.2) is 41.3 Å². The molecule has 2 amide bonds. The van der Waals surface area contributed by atoms with E-state index in [2.05, 4.69) is 19.2 Å². The summed E-state index contributed by atoms with van der Waals surface area (Å²) in [6.45, 7) is 6.95. The maximum Gasteiger partial charge on any atom is 0.258 e. The first-order chi connectivity index (χ1) is 13.2. The lowest BCUT2D eigenvalue weighted by Gasteiger charge is -2.51. The molecule has 2 fully saturated rings. The number of nitrogens with zero attached hydrogens (tertiary/aromatic N) is 1. The Morgan fingerprint density at radius 1 is 1.21 bits per heavy atom. The summed E-state index contributed by atoms with van der Waals surface area (Å²) in [7, 11) is 0. The summed E-state index contributed by atoms with van der Waals surface area (Å²) in [6.07, 6.45) is 2.44. The van der Waals surface area contributed by atoms with Gasteiger partial charge in [0.05, 0.1) is 5.56 Å². The van der Waals surface area contributed by atoms with Crippen molar-refractivity contribution < 1.29 is 19.1 Å². The Hall–Kier alpha value is -2.37. The lowest BCUT2D eigenvalue weighted by atomic mass is 9.52. The van der Waals surface area contributed by atoms with Crippen molar-refractivity contribution in [1.29, 1.82) is 0 Å². The van der Waals surface area contributed by atoms with Gasteiger partial charge in [-0.15, -0.1) is 0 Å². The summed E-state index contributed by atoms with van der Waals surface area (Å²) in [6, 6.07) is 7.25. The van der Waals surface area contributed by atoms with Gasteiger partial charge in [-0.3, -0.25) is 14.4 Å². The number of hydrogen-bond acceptors (Lipinski definition) is 4. The Morgan fingerprint density at radius 2 is 1.89 bits per heavy atom. The van der Waals surface area contributed by atoms with Crippen LogP contribution in [0, 0.1) is 17.3 Å². The quantitative estimate of drug-likeness (QED) is 0.869. The number of carbonyl (C=O) groups is 3. The van der Waals surface area contributed by atoms with Gasteiger partial charge in [-0.25, -0.2) is 0 Å². The number of nitrogens with one attached hydrogen (secondary N) is 1. The van der Waals surface area contributed by atoms with Gasteiger partial charge in [0.1, 0.15) is 11.5 Å². The van der Waals surface area contributed by atoms with Gasteiger partial charge in [0.25, 0.3) is 5.91 Å². The molecule has 28 heavy (non-hydrogen) atoms. The molecule has 0 bridgehead atoms. The van der Waals surface area contributed by atoms with Crippen LogP contribution < -0.4 is 10.1 Å². The molecule has 1 N–H and O–H groups in total. The van der Waals surface area contributed by atoms with E-state index in [4.69, 9.17) is 4.74 Å². The van der Waals surface area contributed by atoms with Crippen LogP contribution in [0.2, 0.25) is 0 Å².